The first kappa shape index (κ1) is 9.52. The topological polar surface area (TPSA) is 0 Å². The van der Waals surface area contributed by atoms with E-state index in [-0.39, 0.29) is 0 Å². The Hall–Kier alpha value is 0.430. The fraction of sp³-hybridized carbons (Fsp3) is 1.00. The van der Waals surface area contributed by atoms with E-state index in [1.807, 2.05) is 0 Å². The van der Waals surface area contributed by atoms with E-state index in [1.165, 1.54) is 38.5 Å². The van der Waals surface area contributed by atoms with Gasteiger partial charge in [0.25, 0.3) is 0 Å². The number of hydrogen-bond donors (Lipinski definition) is 0. The SMILES string of the molecule is CC(C)CCC1(P)CCCC1. The highest BCUT2D eigenvalue weighted by Gasteiger charge is 2.28. The Morgan fingerprint density at radius 3 is 2.27 bits per heavy atom. The Morgan fingerprint density at radius 1 is 1.27 bits per heavy atom. The van der Waals surface area contributed by atoms with E-state index in [1.54, 1.807) is 0 Å². The van der Waals surface area contributed by atoms with Crippen LogP contribution < -0.4 is 0 Å². The Labute approximate surface area is 73.3 Å². The van der Waals surface area contributed by atoms with Crippen LogP contribution in [0.4, 0.5) is 0 Å². The minimum Gasteiger partial charge on any atom is -0.131 e. The Kier molecular flexibility index (Phi) is 3.37. The highest BCUT2D eigenvalue weighted by atomic mass is 31.0. The van der Waals surface area contributed by atoms with Gasteiger partial charge in [0.15, 0.2) is 0 Å². The molecule has 11 heavy (non-hydrogen) atoms. The fourth-order valence-electron chi connectivity index (χ4n) is 1.91. The van der Waals surface area contributed by atoms with Crippen molar-refractivity contribution in [3.63, 3.8) is 0 Å². The van der Waals surface area contributed by atoms with E-state index in [0.717, 1.165) is 5.92 Å². The van der Waals surface area contributed by atoms with E-state index in [0.29, 0.717) is 5.16 Å². The third kappa shape index (κ3) is 3.11. The molecule has 1 unspecified atom stereocenters. The van der Waals surface area contributed by atoms with Gasteiger partial charge in [-0.2, -0.15) is 0 Å². The van der Waals surface area contributed by atoms with Crippen molar-refractivity contribution in [2.24, 2.45) is 5.92 Å². The van der Waals surface area contributed by atoms with Gasteiger partial charge in [-0.25, -0.2) is 0 Å². The zero-order chi connectivity index (χ0) is 8.32. The normalized spacial score (nSPS) is 22.9. The molecule has 1 atom stereocenters. The molecule has 1 aliphatic carbocycles. The molecule has 66 valence electrons. The van der Waals surface area contributed by atoms with Gasteiger partial charge in [-0.1, -0.05) is 33.1 Å². The second-order valence-electron chi connectivity index (χ2n) is 4.50. The van der Waals surface area contributed by atoms with Gasteiger partial charge in [-0.05, 0) is 30.3 Å². The van der Waals surface area contributed by atoms with Crippen LogP contribution in [-0.2, 0) is 0 Å². The van der Waals surface area contributed by atoms with Gasteiger partial charge in [0, 0.05) is 0 Å². The monoisotopic (exact) mass is 172 g/mol. The summed E-state index contributed by atoms with van der Waals surface area (Å²) in [7, 11) is 3.10. The Morgan fingerprint density at radius 2 is 1.82 bits per heavy atom. The molecule has 0 saturated heterocycles. The summed E-state index contributed by atoms with van der Waals surface area (Å²) in [6, 6.07) is 0. The molecule has 1 fully saturated rings. The third-order valence-corrected chi connectivity index (χ3v) is 3.68. The van der Waals surface area contributed by atoms with Crippen molar-refractivity contribution in [2.45, 2.75) is 57.5 Å². The van der Waals surface area contributed by atoms with Crippen LogP contribution in [0, 0.1) is 5.92 Å². The van der Waals surface area contributed by atoms with Crippen LogP contribution in [0.5, 0.6) is 0 Å². The Bertz CT molecular complexity index is 112. The summed E-state index contributed by atoms with van der Waals surface area (Å²) in [5.74, 6) is 0.882. The highest BCUT2D eigenvalue weighted by molar-refractivity contribution is 7.19. The van der Waals surface area contributed by atoms with Gasteiger partial charge in [0.1, 0.15) is 0 Å². The second-order valence-corrected chi connectivity index (χ2v) is 5.73. The molecule has 1 rings (SSSR count). The zero-order valence-corrected chi connectivity index (χ0v) is 9.05. The fourth-order valence-corrected chi connectivity index (χ4v) is 2.48. The molecule has 1 aliphatic rings. The first-order chi connectivity index (χ1) is 5.12. The molecule has 1 saturated carbocycles. The molecule has 0 aromatic rings. The summed E-state index contributed by atoms with van der Waals surface area (Å²) in [6.07, 6.45) is 8.65. The van der Waals surface area contributed by atoms with Crippen LogP contribution >= 0.6 is 9.24 Å². The lowest BCUT2D eigenvalue weighted by molar-refractivity contribution is 0.466. The smallest absolute Gasteiger partial charge is 0.0150 e. The average Bonchev–Trinajstić information content (AvgIpc) is 2.33. The quantitative estimate of drug-likeness (QED) is 0.570. The molecule has 0 amide bonds. The molecule has 1 heteroatoms. The molecule has 0 aromatic carbocycles. The summed E-state index contributed by atoms with van der Waals surface area (Å²) >= 11 is 0. The Balaban J connectivity index is 2.23. The van der Waals surface area contributed by atoms with Crippen molar-refractivity contribution in [3.8, 4) is 0 Å². The minimum absolute atomic E-state index is 0.643. The van der Waals surface area contributed by atoms with Crippen LogP contribution in [0.25, 0.3) is 0 Å². The maximum atomic E-state index is 3.10. The minimum atomic E-state index is 0.643. The number of rotatable bonds is 3. The van der Waals surface area contributed by atoms with Crippen molar-refractivity contribution in [1.82, 2.24) is 0 Å². The summed E-state index contributed by atoms with van der Waals surface area (Å²) in [6.45, 7) is 4.64. The molecule has 0 aromatic heterocycles. The van der Waals surface area contributed by atoms with Crippen molar-refractivity contribution in [1.29, 1.82) is 0 Å². The predicted octanol–water partition coefficient (Wildman–Crippen LogP) is 3.61. The van der Waals surface area contributed by atoms with Gasteiger partial charge in [-0.15, -0.1) is 9.24 Å². The summed E-state index contributed by atoms with van der Waals surface area (Å²) in [4.78, 5) is 0. The van der Waals surface area contributed by atoms with E-state index in [4.69, 9.17) is 0 Å². The van der Waals surface area contributed by atoms with Crippen LogP contribution in [-0.4, -0.2) is 5.16 Å². The van der Waals surface area contributed by atoms with E-state index in [9.17, 15) is 0 Å². The van der Waals surface area contributed by atoms with E-state index in [2.05, 4.69) is 23.1 Å². The third-order valence-electron chi connectivity index (χ3n) is 2.82. The van der Waals surface area contributed by atoms with Crippen LogP contribution in [0.15, 0.2) is 0 Å². The highest BCUT2D eigenvalue weighted by Crippen LogP contribution is 2.41. The average molecular weight is 172 g/mol. The summed E-state index contributed by atoms with van der Waals surface area (Å²) in [5.41, 5.74) is 0. The summed E-state index contributed by atoms with van der Waals surface area (Å²) < 4.78 is 0. The lowest BCUT2D eigenvalue weighted by Gasteiger charge is -2.23. The summed E-state index contributed by atoms with van der Waals surface area (Å²) in [5, 5.41) is 0.643. The lowest BCUT2D eigenvalue weighted by atomic mass is 9.96. The van der Waals surface area contributed by atoms with Gasteiger partial charge >= 0.3 is 0 Å². The van der Waals surface area contributed by atoms with Gasteiger partial charge in [-0.3, -0.25) is 0 Å². The molecule has 0 nitrogen and oxygen atoms in total. The van der Waals surface area contributed by atoms with Gasteiger partial charge < -0.3 is 0 Å². The van der Waals surface area contributed by atoms with Gasteiger partial charge in [0.2, 0.25) is 0 Å². The molecule has 0 bridgehead atoms. The molecule has 0 radical (unpaired) electrons. The first-order valence-electron chi connectivity index (χ1n) is 4.91. The van der Waals surface area contributed by atoms with Gasteiger partial charge in [0.05, 0.1) is 0 Å². The molecular formula is C10H21P. The molecule has 0 spiro atoms. The largest absolute Gasteiger partial charge is 0.131 e. The van der Waals surface area contributed by atoms with Crippen molar-refractivity contribution < 1.29 is 0 Å². The van der Waals surface area contributed by atoms with E-state index < -0.39 is 0 Å². The molecule has 0 N–H and O–H groups in total. The molecular weight excluding hydrogens is 151 g/mol. The predicted molar refractivity (Wildman–Crippen MR) is 55.0 cm³/mol. The van der Waals surface area contributed by atoms with Crippen LogP contribution in [0.2, 0.25) is 0 Å². The van der Waals surface area contributed by atoms with Crippen molar-refractivity contribution >= 4 is 9.24 Å². The van der Waals surface area contributed by atoms with Crippen molar-refractivity contribution in [3.05, 3.63) is 0 Å². The van der Waals surface area contributed by atoms with Crippen molar-refractivity contribution in [2.75, 3.05) is 0 Å². The maximum absolute atomic E-state index is 3.10. The maximum Gasteiger partial charge on any atom is -0.0150 e. The standard InChI is InChI=1S/C10H21P/c1-9(2)5-8-10(11)6-3-4-7-10/h9H,3-8,11H2,1-2H3. The molecule has 0 heterocycles. The van der Waals surface area contributed by atoms with Crippen LogP contribution in [0.1, 0.15) is 52.4 Å². The first-order valence-corrected chi connectivity index (χ1v) is 5.49. The number of hydrogen-bond acceptors (Lipinski definition) is 0. The van der Waals surface area contributed by atoms with E-state index >= 15 is 0 Å². The molecule has 0 aliphatic heterocycles. The lowest BCUT2D eigenvalue weighted by Crippen LogP contribution is -2.15. The zero-order valence-electron chi connectivity index (χ0n) is 7.90. The second kappa shape index (κ2) is 3.90. The van der Waals surface area contributed by atoms with Crippen LogP contribution in [0.3, 0.4) is 0 Å².